The summed E-state index contributed by atoms with van der Waals surface area (Å²) in [6.07, 6.45) is 2.13. The van der Waals surface area contributed by atoms with Crippen LogP contribution in [0, 0.1) is 0 Å². The number of carboxylic acids is 1. The Bertz CT molecular complexity index is 130. The minimum absolute atomic E-state index is 0.917. The number of aliphatic hydroxyl groups is 1. The van der Waals surface area contributed by atoms with Crippen LogP contribution in [0.2, 0.25) is 0 Å². The van der Waals surface area contributed by atoms with Crippen LogP contribution in [0.3, 0.4) is 0 Å². The molecule has 0 aliphatic rings. The molecule has 2 N–H and O–H groups in total. The van der Waals surface area contributed by atoms with Gasteiger partial charge in [-0.05, 0) is 19.9 Å². The molecule has 0 aliphatic carbocycles. The predicted octanol–water partition coefficient (Wildman–Crippen LogP) is 0.398. The van der Waals surface area contributed by atoms with E-state index < -0.39 is 11.6 Å². The van der Waals surface area contributed by atoms with Crippen LogP contribution < -0.4 is 0 Å². The van der Waals surface area contributed by atoms with E-state index in [1.54, 1.807) is 0 Å². The van der Waals surface area contributed by atoms with Gasteiger partial charge in [0.2, 0.25) is 0 Å². The maximum Gasteiger partial charge on any atom is 0.328 e. The summed E-state index contributed by atoms with van der Waals surface area (Å²) in [6, 6.07) is 0. The van der Waals surface area contributed by atoms with Crippen molar-refractivity contribution in [3.05, 3.63) is 12.2 Å². The molecule has 3 heteroatoms. The molecular weight excluding hydrogens is 120 g/mol. The van der Waals surface area contributed by atoms with Crippen LogP contribution in [0.15, 0.2) is 12.2 Å². The molecular formula is C6H10O3. The van der Waals surface area contributed by atoms with E-state index in [2.05, 4.69) is 0 Å². The number of hydrogen-bond donors (Lipinski definition) is 2. The summed E-state index contributed by atoms with van der Waals surface area (Å²) in [5, 5.41) is 17.0. The maximum atomic E-state index is 9.85. The Balaban J connectivity index is 3.86. The topological polar surface area (TPSA) is 57.5 Å². The van der Waals surface area contributed by atoms with Crippen molar-refractivity contribution in [1.29, 1.82) is 0 Å². The van der Waals surface area contributed by atoms with Gasteiger partial charge >= 0.3 is 5.97 Å². The van der Waals surface area contributed by atoms with Gasteiger partial charge in [0, 0.05) is 6.08 Å². The number of carbonyl (C=O) groups is 1. The van der Waals surface area contributed by atoms with Gasteiger partial charge < -0.3 is 10.2 Å². The van der Waals surface area contributed by atoms with Crippen molar-refractivity contribution < 1.29 is 15.0 Å². The predicted molar refractivity (Wildman–Crippen MR) is 33.1 cm³/mol. The fourth-order valence-electron chi connectivity index (χ4n) is 0.275. The SMILES string of the molecule is CC(C)(O)/C=C/C(=O)O. The second-order valence-electron chi connectivity index (χ2n) is 2.33. The van der Waals surface area contributed by atoms with Crippen molar-refractivity contribution in [2.24, 2.45) is 0 Å². The number of rotatable bonds is 2. The molecule has 0 saturated heterocycles. The molecule has 0 rings (SSSR count). The normalized spacial score (nSPS) is 12.3. The Labute approximate surface area is 53.6 Å². The van der Waals surface area contributed by atoms with E-state index in [4.69, 9.17) is 10.2 Å². The molecule has 0 aromatic heterocycles. The Morgan fingerprint density at radius 3 is 2.11 bits per heavy atom. The van der Waals surface area contributed by atoms with Gasteiger partial charge in [0.05, 0.1) is 5.60 Å². The van der Waals surface area contributed by atoms with Crippen LogP contribution in [-0.4, -0.2) is 21.8 Å². The van der Waals surface area contributed by atoms with Gasteiger partial charge in [-0.25, -0.2) is 4.79 Å². The van der Waals surface area contributed by atoms with Crippen molar-refractivity contribution >= 4 is 5.97 Å². The number of carboxylic acid groups (broad SMARTS) is 1. The third-order valence-electron chi connectivity index (χ3n) is 0.634. The van der Waals surface area contributed by atoms with Crippen LogP contribution in [-0.2, 0) is 4.79 Å². The van der Waals surface area contributed by atoms with Crippen LogP contribution in [0.5, 0.6) is 0 Å². The molecule has 52 valence electrons. The third kappa shape index (κ3) is 7.17. The molecule has 3 nitrogen and oxygen atoms in total. The maximum absolute atomic E-state index is 9.85. The zero-order valence-corrected chi connectivity index (χ0v) is 5.46. The summed E-state index contributed by atoms with van der Waals surface area (Å²) in [5.74, 6) is -1.04. The Hall–Kier alpha value is -0.830. The molecule has 0 amide bonds. The van der Waals surface area contributed by atoms with E-state index in [1.807, 2.05) is 0 Å². The quantitative estimate of drug-likeness (QED) is 0.532. The van der Waals surface area contributed by atoms with Crippen molar-refractivity contribution in [3.63, 3.8) is 0 Å². The highest BCUT2D eigenvalue weighted by Gasteiger charge is 2.06. The standard InChI is InChI=1S/C6H10O3/c1-6(2,9)4-3-5(7)8/h3-4,9H,1-2H3,(H,7,8)/b4-3+. The van der Waals surface area contributed by atoms with E-state index >= 15 is 0 Å². The minimum Gasteiger partial charge on any atom is -0.478 e. The fraction of sp³-hybridized carbons (Fsp3) is 0.500. The van der Waals surface area contributed by atoms with Gasteiger partial charge in [-0.1, -0.05) is 0 Å². The van der Waals surface area contributed by atoms with Crippen LogP contribution >= 0.6 is 0 Å². The molecule has 9 heavy (non-hydrogen) atoms. The first kappa shape index (κ1) is 8.17. The van der Waals surface area contributed by atoms with Gasteiger partial charge in [0.1, 0.15) is 0 Å². The summed E-state index contributed by atoms with van der Waals surface area (Å²) < 4.78 is 0. The molecule has 0 aromatic rings. The van der Waals surface area contributed by atoms with Crippen molar-refractivity contribution in [3.8, 4) is 0 Å². The summed E-state index contributed by atoms with van der Waals surface area (Å²) in [4.78, 5) is 9.85. The van der Waals surface area contributed by atoms with Crippen LogP contribution in [0.4, 0.5) is 0 Å². The summed E-state index contributed by atoms with van der Waals surface area (Å²) in [7, 11) is 0. The highest BCUT2D eigenvalue weighted by Crippen LogP contribution is 2.01. The molecule has 0 aromatic carbocycles. The summed E-state index contributed by atoms with van der Waals surface area (Å²) in [6.45, 7) is 3.01. The van der Waals surface area contributed by atoms with E-state index in [1.165, 1.54) is 19.9 Å². The van der Waals surface area contributed by atoms with E-state index in [9.17, 15) is 4.79 Å². The second-order valence-corrected chi connectivity index (χ2v) is 2.33. The smallest absolute Gasteiger partial charge is 0.328 e. The molecule has 0 unspecified atom stereocenters. The average Bonchev–Trinajstić information content (AvgIpc) is 1.59. The van der Waals surface area contributed by atoms with Crippen molar-refractivity contribution in [2.75, 3.05) is 0 Å². The first-order valence-electron chi connectivity index (χ1n) is 2.56. The Kier molecular flexibility index (Phi) is 2.40. The fourth-order valence-corrected chi connectivity index (χ4v) is 0.275. The first-order chi connectivity index (χ1) is 3.92. The zero-order valence-electron chi connectivity index (χ0n) is 5.46. The van der Waals surface area contributed by atoms with E-state index in [0.717, 1.165) is 6.08 Å². The number of hydrogen-bond acceptors (Lipinski definition) is 2. The first-order valence-corrected chi connectivity index (χ1v) is 2.56. The van der Waals surface area contributed by atoms with Crippen molar-refractivity contribution in [1.82, 2.24) is 0 Å². The Morgan fingerprint density at radius 1 is 1.56 bits per heavy atom. The lowest BCUT2D eigenvalue weighted by molar-refractivity contribution is -0.131. The van der Waals surface area contributed by atoms with Crippen LogP contribution in [0.25, 0.3) is 0 Å². The average molecular weight is 130 g/mol. The number of aliphatic carboxylic acids is 1. The molecule has 0 atom stereocenters. The van der Waals surface area contributed by atoms with Gasteiger partial charge in [0.25, 0.3) is 0 Å². The second kappa shape index (κ2) is 2.64. The van der Waals surface area contributed by atoms with E-state index in [-0.39, 0.29) is 0 Å². The lowest BCUT2D eigenvalue weighted by Gasteiger charge is -2.08. The molecule has 0 spiro atoms. The largest absolute Gasteiger partial charge is 0.478 e. The zero-order chi connectivity index (χ0) is 7.49. The van der Waals surface area contributed by atoms with Crippen molar-refractivity contribution in [2.45, 2.75) is 19.4 Å². The Morgan fingerprint density at radius 2 is 2.00 bits per heavy atom. The van der Waals surface area contributed by atoms with Gasteiger partial charge in [-0.3, -0.25) is 0 Å². The molecule has 0 radical (unpaired) electrons. The summed E-state index contributed by atoms with van der Waals surface area (Å²) in [5.41, 5.74) is -1.03. The molecule has 0 heterocycles. The van der Waals surface area contributed by atoms with Gasteiger partial charge in [-0.2, -0.15) is 0 Å². The molecule has 0 saturated carbocycles. The summed E-state index contributed by atoms with van der Waals surface area (Å²) >= 11 is 0. The third-order valence-corrected chi connectivity index (χ3v) is 0.634. The van der Waals surface area contributed by atoms with E-state index in [0.29, 0.717) is 0 Å². The van der Waals surface area contributed by atoms with Gasteiger partial charge in [0.15, 0.2) is 0 Å². The minimum atomic E-state index is -1.04. The monoisotopic (exact) mass is 130 g/mol. The van der Waals surface area contributed by atoms with Crippen LogP contribution in [0.1, 0.15) is 13.8 Å². The highest BCUT2D eigenvalue weighted by molar-refractivity contribution is 5.79. The van der Waals surface area contributed by atoms with Gasteiger partial charge in [-0.15, -0.1) is 0 Å². The molecule has 0 fully saturated rings. The molecule has 0 aliphatic heterocycles. The lowest BCUT2D eigenvalue weighted by atomic mass is 10.1. The molecule has 0 bridgehead atoms. The lowest BCUT2D eigenvalue weighted by Crippen LogP contribution is -2.14. The highest BCUT2D eigenvalue weighted by atomic mass is 16.4.